The number of unbranched alkanes of at least 4 members (excludes halogenated alkanes) is 1. The zero-order chi connectivity index (χ0) is 15.3. The molecule has 1 rings (SSSR count). The van der Waals surface area contributed by atoms with Crippen LogP contribution >= 0.6 is 23.5 Å². The topological polar surface area (TPSA) is 47.9 Å². The van der Waals surface area contributed by atoms with Crippen molar-refractivity contribution < 1.29 is 14.3 Å². The molecule has 0 spiro atoms. The highest BCUT2D eigenvalue weighted by Crippen LogP contribution is 2.25. The summed E-state index contributed by atoms with van der Waals surface area (Å²) in [7, 11) is 0. The van der Waals surface area contributed by atoms with Gasteiger partial charge in [-0.3, -0.25) is 9.79 Å². The number of carbonyl (C=O) groups excluding carboxylic acids is 1. The molecule has 0 aliphatic carbocycles. The van der Waals surface area contributed by atoms with Crippen LogP contribution < -0.4 is 0 Å². The first-order valence-corrected chi connectivity index (χ1v) is 9.54. The van der Waals surface area contributed by atoms with E-state index in [1.807, 2.05) is 23.5 Å². The Morgan fingerprint density at radius 3 is 3.19 bits per heavy atom. The van der Waals surface area contributed by atoms with Gasteiger partial charge in [-0.2, -0.15) is 11.8 Å². The molecule has 1 heterocycles. The van der Waals surface area contributed by atoms with Crippen LogP contribution in [0, 0.1) is 0 Å². The Bertz CT molecular complexity index is 348. The highest BCUT2D eigenvalue weighted by atomic mass is 32.2. The molecule has 0 N–H and O–H groups in total. The molecule has 0 aromatic heterocycles. The fourth-order valence-electron chi connectivity index (χ4n) is 1.56. The number of hydrogen-bond donors (Lipinski definition) is 0. The van der Waals surface area contributed by atoms with Gasteiger partial charge in [0.15, 0.2) is 6.40 Å². The molecule has 1 unspecified atom stereocenters. The third-order valence-corrected chi connectivity index (χ3v) is 5.59. The summed E-state index contributed by atoms with van der Waals surface area (Å²) in [5.41, 5.74) is 1.26. The van der Waals surface area contributed by atoms with Crippen LogP contribution in [0.1, 0.15) is 26.2 Å². The number of hydrogen-bond acceptors (Lipinski definition) is 6. The molecule has 1 aliphatic heterocycles. The molecule has 0 amide bonds. The van der Waals surface area contributed by atoms with Crippen LogP contribution in [0.3, 0.4) is 0 Å². The lowest BCUT2D eigenvalue weighted by molar-refractivity contribution is -0.144. The summed E-state index contributed by atoms with van der Waals surface area (Å²) in [6.45, 7) is 7.71. The third kappa shape index (κ3) is 9.85. The lowest BCUT2D eigenvalue weighted by Gasteiger charge is -2.13. The number of rotatable bonds is 9. The van der Waals surface area contributed by atoms with Crippen molar-refractivity contribution in [2.45, 2.75) is 31.4 Å². The maximum atomic E-state index is 11.6. The molecule has 0 radical (unpaired) electrons. The van der Waals surface area contributed by atoms with Crippen LogP contribution in [0.15, 0.2) is 17.1 Å². The molecule has 1 fully saturated rings. The van der Waals surface area contributed by atoms with Crippen LogP contribution in [0.2, 0.25) is 0 Å². The van der Waals surface area contributed by atoms with Crippen molar-refractivity contribution in [1.82, 2.24) is 0 Å². The summed E-state index contributed by atoms with van der Waals surface area (Å²) in [5.74, 6) is 2.79. The van der Waals surface area contributed by atoms with Crippen LogP contribution in [0.25, 0.3) is 0 Å². The second-order valence-electron chi connectivity index (χ2n) is 4.87. The molecule has 21 heavy (non-hydrogen) atoms. The molecule has 1 saturated heterocycles. The second-order valence-corrected chi connectivity index (χ2v) is 7.19. The van der Waals surface area contributed by atoms with Crippen molar-refractivity contribution in [2.24, 2.45) is 4.99 Å². The summed E-state index contributed by atoms with van der Waals surface area (Å²) in [4.78, 5) is 15.7. The van der Waals surface area contributed by atoms with E-state index in [9.17, 15) is 4.79 Å². The number of thioether (sulfide) groups is 2. The van der Waals surface area contributed by atoms with Gasteiger partial charge in [0.05, 0.1) is 13.0 Å². The van der Waals surface area contributed by atoms with E-state index in [0.717, 1.165) is 36.6 Å². The summed E-state index contributed by atoms with van der Waals surface area (Å²) < 4.78 is 10.5. The van der Waals surface area contributed by atoms with Gasteiger partial charge < -0.3 is 9.47 Å². The lowest BCUT2D eigenvalue weighted by Crippen LogP contribution is -2.19. The Morgan fingerprint density at radius 2 is 2.38 bits per heavy atom. The van der Waals surface area contributed by atoms with E-state index in [1.165, 1.54) is 12.0 Å². The van der Waals surface area contributed by atoms with Crippen molar-refractivity contribution in [1.29, 1.82) is 0 Å². The van der Waals surface area contributed by atoms with E-state index < -0.39 is 0 Å². The molecule has 0 saturated carbocycles. The normalized spacial score (nSPS) is 19.5. The van der Waals surface area contributed by atoms with Gasteiger partial charge in [-0.1, -0.05) is 25.5 Å². The minimum Gasteiger partial charge on any atom is -0.483 e. The van der Waals surface area contributed by atoms with E-state index >= 15 is 0 Å². The third-order valence-electron chi connectivity index (χ3n) is 2.78. The van der Waals surface area contributed by atoms with Crippen LogP contribution in [-0.4, -0.2) is 54.6 Å². The zero-order valence-corrected chi connectivity index (χ0v) is 14.3. The van der Waals surface area contributed by atoms with Gasteiger partial charge in [0, 0.05) is 29.1 Å². The molecule has 0 aromatic rings. The predicted octanol–water partition coefficient (Wildman–Crippen LogP) is 3.17. The van der Waals surface area contributed by atoms with Crippen molar-refractivity contribution in [3.05, 3.63) is 12.2 Å². The Kier molecular flexibility index (Phi) is 10.5. The lowest BCUT2D eigenvalue weighted by atomic mass is 10.3. The quantitative estimate of drug-likeness (QED) is 0.213. The van der Waals surface area contributed by atoms with Crippen LogP contribution in [-0.2, 0) is 14.3 Å². The Balaban J connectivity index is 2.03. The number of esters is 1. The fourth-order valence-corrected chi connectivity index (χ4v) is 3.97. The number of ether oxygens (including phenoxy) is 2. The van der Waals surface area contributed by atoms with E-state index in [-0.39, 0.29) is 12.4 Å². The summed E-state index contributed by atoms with van der Waals surface area (Å²) in [6.07, 6.45) is 3.89. The van der Waals surface area contributed by atoms with E-state index in [2.05, 4.69) is 18.5 Å². The Hall–Kier alpha value is -0.620. The first-order valence-electron chi connectivity index (χ1n) is 7.34. The average molecular weight is 332 g/mol. The van der Waals surface area contributed by atoms with Crippen molar-refractivity contribution in [3.8, 4) is 0 Å². The average Bonchev–Trinajstić information content (AvgIpc) is 2.69. The van der Waals surface area contributed by atoms with Gasteiger partial charge in [-0.15, -0.1) is 11.8 Å². The van der Waals surface area contributed by atoms with Gasteiger partial charge in [-0.25, -0.2) is 0 Å². The fraction of sp³-hybridized carbons (Fsp3) is 0.733. The first-order chi connectivity index (χ1) is 10.2. The van der Waals surface area contributed by atoms with Crippen molar-refractivity contribution in [2.75, 3.05) is 37.0 Å². The number of aliphatic imine (C=N–C) groups is 1. The SMILES string of the molecule is C=C1CSCC(COC(=O)CCOC=NCCCC)SC1. The van der Waals surface area contributed by atoms with E-state index in [1.54, 1.807) is 0 Å². The zero-order valence-electron chi connectivity index (χ0n) is 12.7. The monoisotopic (exact) mass is 331 g/mol. The molecule has 1 atom stereocenters. The molecule has 4 nitrogen and oxygen atoms in total. The predicted molar refractivity (Wildman–Crippen MR) is 92.5 cm³/mol. The van der Waals surface area contributed by atoms with Gasteiger partial charge in [-0.05, 0) is 6.42 Å². The van der Waals surface area contributed by atoms with Crippen molar-refractivity contribution >= 4 is 35.9 Å². The first kappa shape index (κ1) is 18.4. The standard InChI is InChI=1S/C15H25NO3S2/c1-3-4-6-16-12-18-7-5-15(17)19-8-14-11-20-9-13(2)10-21-14/h12,14H,2-11H2,1H3. The van der Waals surface area contributed by atoms with E-state index in [4.69, 9.17) is 9.47 Å². The number of nitrogens with zero attached hydrogens (tertiary/aromatic N) is 1. The molecule has 0 aromatic carbocycles. The maximum Gasteiger partial charge on any atom is 0.309 e. The summed E-state index contributed by atoms with van der Waals surface area (Å²) in [5, 5.41) is 0.370. The molecule has 120 valence electrons. The Labute approximate surface area is 136 Å². The minimum absolute atomic E-state index is 0.203. The Morgan fingerprint density at radius 1 is 1.52 bits per heavy atom. The highest BCUT2D eigenvalue weighted by molar-refractivity contribution is 8.04. The molecular weight excluding hydrogens is 306 g/mol. The molecular formula is C15H25NO3S2. The van der Waals surface area contributed by atoms with Gasteiger partial charge >= 0.3 is 5.97 Å². The van der Waals surface area contributed by atoms with E-state index in [0.29, 0.717) is 18.5 Å². The second kappa shape index (κ2) is 12.0. The largest absolute Gasteiger partial charge is 0.483 e. The van der Waals surface area contributed by atoms with Crippen LogP contribution in [0.5, 0.6) is 0 Å². The van der Waals surface area contributed by atoms with Gasteiger partial charge in [0.2, 0.25) is 0 Å². The summed E-state index contributed by atoms with van der Waals surface area (Å²) >= 11 is 3.68. The number of carbonyl (C=O) groups is 1. The summed E-state index contributed by atoms with van der Waals surface area (Å²) in [6, 6.07) is 0. The van der Waals surface area contributed by atoms with Crippen LogP contribution in [0.4, 0.5) is 0 Å². The minimum atomic E-state index is -0.203. The smallest absolute Gasteiger partial charge is 0.309 e. The maximum absolute atomic E-state index is 11.6. The van der Waals surface area contributed by atoms with Crippen molar-refractivity contribution in [3.63, 3.8) is 0 Å². The molecule has 6 heteroatoms. The molecule has 0 bridgehead atoms. The van der Waals surface area contributed by atoms with Gasteiger partial charge in [0.25, 0.3) is 0 Å². The molecule has 1 aliphatic rings. The van der Waals surface area contributed by atoms with Gasteiger partial charge in [0.1, 0.15) is 6.61 Å². The highest BCUT2D eigenvalue weighted by Gasteiger charge is 2.16.